The molecule has 4 rings (SSSR count). The Bertz CT molecular complexity index is 1160. The monoisotopic (exact) mass is 350 g/mol. The number of aryl methyl sites for hydroxylation is 1. The van der Waals surface area contributed by atoms with Crippen LogP contribution >= 0.6 is 0 Å². The first kappa shape index (κ1) is 16.0. The van der Waals surface area contributed by atoms with E-state index in [1.807, 2.05) is 6.07 Å². The van der Waals surface area contributed by atoms with Gasteiger partial charge >= 0.3 is 0 Å². The molecule has 0 saturated heterocycles. The molecule has 0 aliphatic heterocycles. The highest BCUT2D eigenvalue weighted by atomic mass is 19.1. The van der Waals surface area contributed by atoms with Crippen LogP contribution in [0.15, 0.2) is 59.5 Å². The van der Waals surface area contributed by atoms with Crippen LogP contribution in [0.3, 0.4) is 0 Å². The largest absolute Gasteiger partial charge is 0.497 e. The van der Waals surface area contributed by atoms with E-state index < -0.39 is 0 Å². The number of hydrogen-bond acceptors (Lipinski definition) is 4. The smallest absolute Gasteiger partial charge is 0.266 e. The van der Waals surface area contributed by atoms with Gasteiger partial charge in [0.25, 0.3) is 5.56 Å². The van der Waals surface area contributed by atoms with Gasteiger partial charge in [-0.1, -0.05) is 0 Å². The molecule has 4 aromatic rings. The van der Waals surface area contributed by atoms with Crippen molar-refractivity contribution >= 4 is 5.52 Å². The second-order valence-corrected chi connectivity index (χ2v) is 5.81. The van der Waals surface area contributed by atoms with E-state index in [2.05, 4.69) is 10.2 Å². The molecule has 0 aliphatic rings. The van der Waals surface area contributed by atoms with Gasteiger partial charge in [-0.05, 0) is 36.4 Å². The maximum atomic E-state index is 13.3. The summed E-state index contributed by atoms with van der Waals surface area (Å²) in [6.07, 6.45) is 1.78. The van der Waals surface area contributed by atoms with Gasteiger partial charge in [-0.25, -0.2) is 13.6 Å². The van der Waals surface area contributed by atoms with Gasteiger partial charge in [0.15, 0.2) is 0 Å². The number of hydrogen-bond donors (Lipinski definition) is 0. The summed E-state index contributed by atoms with van der Waals surface area (Å²) < 4.78 is 21.6. The number of benzene rings is 1. The van der Waals surface area contributed by atoms with Gasteiger partial charge in [0.05, 0.1) is 23.9 Å². The highest BCUT2D eigenvalue weighted by Gasteiger charge is 2.19. The maximum Gasteiger partial charge on any atom is 0.266 e. The standard InChI is InChI=1S/C19H15FN4O2/c1-23-17(25)8-7-15(21-23)18-16-11-14(26-2)9-10-24(16)22-19(18)12-3-5-13(20)6-4-12/h3-11H,1-2H3. The van der Waals surface area contributed by atoms with Gasteiger partial charge < -0.3 is 4.74 Å². The molecular formula is C19H15FN4O2. The molecule has 3 heterocycles. The molecule has 0 bridgehead atoms. The van der Waals surface area contributed by atoms with Crippen LogP contribution < -0.4 is 10.3 Å². The lowest BCUT2D eigenvalue weighted by molar-refractivity contribution is 0.414. The number of methoxy groups -OCH3 is 1. The van der Waals surface area contributed by atoms with Crippen LogP contribution in [0.25, 0.3) is 28.0 Å². The number of pyridine rings is 1. The average Bonchev–Trinajstić information content (AvgIpc) is 3.03. The van der Waals surface area contributed by atoms with Crippen molar-refractivity contribution < 1.29 is 9.13 Å². The van der Waals surface area contributed by atoms with Gasteiger partial charge in [-0.15, -0.1) is 0 Å². The lowest BCUT2D eigenvalue weighted by atomic mass is 10.0. The van der Waals surface area contributed by atoms with Gasteiger partial charge in [0.2, 0.25) is 0 Å². The van der Waals surface area contributed by atoms with E-state index in [0.717, 1.165) is 16.6 Å². The minimum Gasteiger partial charge on any atom is -0.497 e. The SMILES string of the molecule is COc1ccn2nc(-c3ccc(F)cc3)c(-c3ccc(=O)n(C)n3)c2c1. The first-order valence-corrected chi connectivity index (χ1v) is 7.94. The Morgan fingerprint density at radius 1 is 1.04 bits per heavy atom. The van der Waals surface area contributed by atoms with E-state index in [0.29, 0.717) is 17.1 Å². The third kappa shape index (κ3) is 2.63. The van der Waals surface area contributed by atoms with Crippen molar-refractivity contribution in [1.29, 1.82) is 0 Å². The molecule has 6 nitrogen and oxygen atoms in total. The molecule has 0 unspecified atom stereocenters. The summed E-state index contributed by atoms with van der Waals surface area (Å²) in [4.78, 5) is 11.7. The van der Waals surface area contributed by atoms with Gasteiger partial charge in [0.1, 0.15) is 17.3 Å². The molecule has 0 N–H and O–H groups in total. The molecule has 0 spiro atoms. The molecule has 1 aromatic carbocycles. The lowest BCUT2D eigenvalue weighted by Crippen LogP contribution is -2.18. The second-order valence-electron chi connectivity index (χ2n) is 5.81. The van der Waals surface area contributed by atoms with E-state index in [4.69, 9.17) is 4.74 Å². The van der Waals surface area contributed by atoms with Gasteiger partial charge in [-0.3, -0.25) is 4.79 Å². The number of ether oxygens (including phenoxy) is 1. The van der Waals surface area contributed by atoms with Crippen LogP contribution in [-0.2, 0) is 7.05 Å². The second kappa shape index (κ2) is 6.11. The predicted molar refractivity (Wildman–Crippen MR) is 95.6 cm³/mol. The molecule has 130 valence electrons. The molecule has 7 heteroatoms. The molecule has 0 saturated carbocycles. The number of halogens is 1. The zero-order valence-corrected chi connectivity index (χ0v) is 14.2. The van der Waals surface area contributed by atoms with Crippen molar-refractivity contribution in [3.8, 4) is 28.3 Å². The quantitative estimate of drug-likeness (QED) is 0.570. The summed E-state index contributed by atoms with van der Waals surface area (Å²) in [5, 5.41) is 8.99. The van der Waals surface area contributed by atoms with Crippen molar-refractivity contribution in [3.63, 3.8) is 0 Å². The van der Waals surface area contributed by atoms with Crippen LogP contribution in [0.1, 0.15) is 0 Å². The topological polar surface area (TPSA) is 61.4 Å². The van der Waals surface area contributed by atoms with Gasteiger partial charge in [-0.2, -0.15) is 10.2 Å². The van der Waals surface area contributed by atoms with Crippen molar-refractivity contribution in [2.45, 2.75) is 0 Å². The molecule has 3 aromatic heterocycles. The van der Waals surface area contributed by atoms with Crippen molar-refractivity contribution in [3.05, 3.63) is 70.9 Å². The predicted octanol–water partition coefficient (Wildman–Crippen LogP) is 2.91. The number of fused-ring (bicyclic) bond motifs is 1. The molecule has 0 aliphatic carbocycles. The van der Waals surface area contributed by atoms with E-state index in [9.17, 15) is 9.18 Å². The molecule has 0 radical (unpaired) electrons. The van der Waals surface area contributed by atoms with Gasteiger partial charge in [0, 0.05) is 30.9 Å². The Morgan fingerprint density at radius 2 is 1.81 bits per heavy atom. The molecule has 0 amide bonds. The van der Waals surface area contributed by atoms with Crippen molar-refractivity contribution in [2.24, 2.45) is 7.05 Å². The third-order valence-corrected chi connectivity index (χ3v) is 4.18. The van der Waals surface area contributed by atoms with Crippen LogP contribution in [0, 0.1) is 5.82 Å². The highest BCUT2D eigenvalue weighted by molar-refractivity contribution is 5.91. The fourth-order valence-electron chi connectivity index (χ4n) is 2.85. The molecular weight excluding hydrogens is 335 g/mol. The molecule has 0 fully saturated rings. The summed E-state index contributed by atoms with van der Waals surface area (Å²) in [5.74, 6) is 0.357. The first-order chi connectivity index (χ1) is 12.6. The molecule has 0 atom stereocenters. The summed E-state index contributed by atoms with van der Waals surface area (Å²) in [7, 11) is 3.18. The number of aromatic nitrogens is 4. The van der Waals surface area contributed by atoms with Crippen LogP contribution in [-0.4, -0.2) is 26.5 Å². The lowest BCUT2D eigenvalue weighted by Gasteiger charge is -2.05. The Balaban J connectivity index is 2.05. The summed E-state index contributed by atoms with van der Waals surface area (Å²) >= 11 is 0. The minimum atomic E-state index is -0.319. The van der Waals surface area contributed by atoms with E-state index in [1.165, 1.54) is 22.9 Å². The zero-order valence-electron chi connectivity index (χ0n) is 14.2. The highest BCUT2D eigenvalue weighted by Crippen LogP contribution is 2.35. The maximum absolute atomic E-state index is 13.3. The zero-order chi connectivity index (χ0) is 18.3. The molecule has 26 heavy (non-hydrogen) atoms. The van der Waals surface area contributed by atoms with Crippen LogP contribution in [0.2, 0.25) is 0 Å². The summed E-state index contributed by atoms with van der Waals surface area (Å²) in [6, 6.07) is 12.9. The Labute approximate surface area is 148 Å². The Morgan fingerprint density at radius 3 is 2.50 bits per heavy atom. The van der Waals surface area contributed by atoms with E-state index >= 15 is 0 Å². The van der Waals surface area contributed by atoms with Crippen LogP contribution in [0.5, 0.6) is 5.75 Å². The van der Waals surface area contributed by atoms with Crippen molar-refractivity contribution in [2.75, 3.05) is 7.11 Å². The summed E-state index contributed by atoms with van der Waals surface area (Å²) in [6.45, 7) is 0. The fraction of sp³-hybridized carbons (Fsp3) is 0.105. The Kier molecular flexibility index (Phi) is 3.76. The summed E-state index contributed by atoms with van der Waals surface area (Å²) in [5.41, 5.74) is 3.30. The van der Waals surface area contributed by atoms with E-state index in [1.54, 1.807) is 49.1 Å². The van der Waals surface area contributed by atoms with E-state index in [-0.39, 0.29) is 11.4 Å². The first-order valence-electron chi connectivity index (χ1n) is 7.94. The number of rotatable bonds is 3. The van der Waals surface area contributed by atoms with Crippen molar-refractivity contribution in [1.82, 2.24) is 19.4 Å². The minimum absolute atomic E-state index is 0.203. The third-order valence-electron chi connectivity index (χ3n) is 4.18. The Hall–Kier alpha value is -3.48. The van der Waals surface area contributed by atoms with Crippen LogP contribution in [0.4, 0.5) is 4.39 Å². The average molecular weight is 350 g/mol. The normalized spacial score (nSPS) is 11.0. The number of nitrogens with zero attached hydrogens (tertiary/aromatic N) is 4. The fourth-order valence-corrected chi connectivity index (χ4v) is 2.85.